The molecule has 156 valence electrons. The van der Waals surface area contributed by atoms with E-state index in [1.165, 1.54) is 51.4 Å². The van der Waals surface area contributed by atoms with Crippen LogP contribution in [0.5, 0.6) is 0 Å². The normalized spacial score (nSPS) is 19.8. The molecule has 1 amide bonds. The maximum Gasteiger partial charge on any atom is 0.330 e. The fourth-order valence-electron chi connectivity index (χ4n) is 3.58. The van der Waals surface area contributed by atoms with Crippen molar-refractivity contribution in [1.82, 2.24) is 4.90 Å². The Hall–Kier alpha value is -1.32. The van der Waals surface area contributed by atoms with Gasteiger partial charge < -0.3 is 4.74 Å². The van der Waals surface area contributed by atoms with Crippen LogP contribution in [0.2, 0.25) is 0 Å². The minimum absolute atomic E-state index is 0.0646. The molecule has 1 aliphatic heterocycles. The zero-order chi connectivity index (χ0) is 19.9. The van der Waals surface area contributed by atoms with Gasteiger partial charge in [-0.3, -0.25) is 9.69 Å². The Balaban J connectivity index is 2.30. The van der Waals surface area contributed by atoms with Gasteiger partial charge in [-0.25, -0.2) is 4.79 Å². The van der Waals surface area contributed by atoms with E-state index in [9.17, 15) is 9.59 Å². The highest BCUT2D eigenvalue weighted by atomic mass is 16.6. The molecule has 0 spiro atoms. The third kappa shape index (κ3) is 9.44. The van der Waals surface area contributed by atoms with Crippen LogP contribution >= 0.6 is 0 Å². The second kappa shape index (κ2) is 14.7. The van der Waals surface area contributed by atoms with E-state index in [2.05, 4.69) is 26.0 Å². The number of ether oxygens (including phenoxy) is 1. The second-order valence-corrected chi connectivity index (χ2v) is 7.78. The van der Waals surface area contributed by atoms with Crippen LogP contribution in [0.4, 0.5) is 0 Å². The molecule has 0 bridgehead atoms. The average Bonchev–Trinajstić information content (AvgIpc) is 2.94. The summed E-state index contributed by atoms with van der Waals surface area (Å²) in [5.41, 5.74) is 0. The number of allylic oxidation sites excluding steroid dienone is 2. The number of rotatable bonds is 15. The van der Waals surface area contributed by atoms with Crippen molar-refractivity contribution in [2.24, 2.45) is 0 Å². The van der Waals surface area contributed by atoms with E-state index in [1.54, 1.807) is 11.8 Å². The maximum atomic E-state index is 12.6. The number of cyclic esters (lactones) is 1. The predicted molar refractivity (Wildman–Crippen MR) is 111 cm³/mol. The summed E-state index contributed by atoms with van der Waals surface area (Å²) in [5.74, 6) is -0.200. The number of carbonyl (C=O) groups is 2. The van der Waals surface area contributed by atoms with Crippen molar-refractivity contribution in [1.29, 1.82) is 0 Å². The topological polar surface area (TPSA) is 46.6 Å². The Kier molecular flexibility index (Phi) is 12.9. The first-order valence-electron chi connectivity index (χ1n) is 11.3. The molecule has 1 heterocycles. The smallest absolute Gasteiger partial charge is 0.330 e. The van der Waals surface area contributed by atoms with Gasteiger partial charge in [0.15, 0.2) is 6.23 Å². The number of amides is 1. The monoisotopic (exact) mass is 379 g/mol. The largest absolute Gasteiger partial charge is 0.440 e. The van der Waals surface area contributed by atoms with Gasteiger partial charge in [-0.05, 0) is 32.6 Å². The lowest BCUT2D eigenvalue weighted by Crippen LogP contribution is -2.41. The summed E-state index contributed by atoms with van der Waals surface area (Å²) < 4.78 is 5.46. The third-order valence-electron chi connectivity index (χ3n) is 5.32. The lowest BCUT2D eigenvalue weighted by molar-refractivity contribution is -0.143. The van der Waals surface area contributed by atoms with Gasteiger partial charge in [-0.2, -0.15) is 0 Å². The van der Waals surface area contributed by atoms with Gasteiger partial charge in [0.1, 0.15) is 6.04 Å². The molecule has 0 aromatic rings. The molecule has 1 unspecified atom stereocenters. The highest BCUT2D eigenvalue weighted by Gasteiger charge is 2.41. The molecule has 0 radical (unpaired) electrons. The summed E-state index contributed by atoms with van der Waals surface area (Å²) in [6.07, 6.45) is 19.3. The summed E-state index contributed by atoms with van der Waals surface area (Å²) >= 11 is 0. The summed E-state index contributed by atoms with van der Waals surface area (Å²) in [5, 5.41) is 0. The summed E-state index contributed by atoms with van der Waals surface area (Å²) in [4.78, 5) is 26.2. The van der Waals surface area contributed by atoms with Gasteiger partial charge >= 0.3 is 5.97 Å². The highest BCUT2D eigenvalue weighted by molar-refractivity contribution is 5.87. The minimum atomic E-state index is -0.444. The number of hydrogen-bond acceptors (Lipinski definition) is 3. The molecular formula is C23H41NO3. The first-order chi connectivity index (χ1) is 13.1. The number of esters is 1. The summed E-state index contributed by atoms with van der Waals surface area (Å²) in [6, 6.07) is -0.444. The number of carbonyl (C=O) groups excluding carboxylic acids is 2. The lowest BCUT2D eigenvalue weighted by Gasteiger charge is -2.24. The Labute approximate surface area is 166 Å². The van der Waals surface area contributed by atoms with E-state index >= 15 is 0 Å². The molecule has 0 aliphatic carbocycles. The molecule has 4 nitrogen and oxygen atoms in total. The van der Waals surface area contributed by atoms with Crippen LogP contribution in [0.25, 0.3) is 0 Å². The molecule has 4 heteroatoms. The van der Waals surface area contributed by atoms with Crippen LogP contribution in [-0.2, 0) is 14.3 Å². The average molecular weight is 380 g/mol. The molecule has 1 rings (SSSR count). The minimum Gasteiger partial charge on any atom is -0.440 e. The molecule has 0 N–H and O–H groups in total. The van der Waals surface area contributed by atoms with Crippen LogP contribution in [0, 0.1) is 0 Å². The van der Waals surface area contributed by atoms with Gasteiger partial charge in [0.05, 0.1) is 0 Å². The summed E-state index contributed by atoms with van der Waals surface area (Å²) in [6.45, 7) is 6.20. The highest BCUT2D eigenvalue weighted by Crippen LogP contribution is 2.24. The summed E-state index contributed by atoms with van der Waals surface area (Å²) in [7, 11) is 0. The maximum absolute atomic E-state index is 12.6. The van der Waals surface area contributed by atoms with Crippen LogP contribution in [-0.4, -0.2) is 29.0 Å². The molecule has 0 aromatic carbocycles. The van der Waals surface area contributed by atoms with Gasteiger partial charge in [0, 0.05) is 12.8 Å². The van der Waals surface area contributed by atoms with Crippen molar-refractivity contribution in [2.45, 2.75) is 123 Å². The van der Waals surface area contributed by atoms with Crippen molar-refractivity contribution in [3.63, 3.8) is 0 Å². The van der Waals surface area contributed by atoms with Crippen LogP contribution in [0.1, 0.15) is 111 Å². The van der Waals surface area contributed by atoms with Gasteiger partial charge in [0.2, 0.25) is 5.91 Å². The van der Waals surface area contributed by atoms with E-state index in [1.807, 2.05) is 0 Å². The van der Waals surface area contributed by atoms with Gasteiger partial charge in [-0.15, -0.1) is 0 Å². The number of unbranched alkanes of at least 4 members (excludes halogenated alkanes) is 9. The number of hydrogen-bond donors (Lipinski definition) is 0. The first kappa shape index (κ1) is 23.7. The first-order valence-corrected chi connectivity index (χ1v) is 11.3. The zero-order valence-corrected chi connectivity index (χ0v) is 17.9. The molecule has 0 aromatic heterocycles. The van der Waals surface area contributed by atoms with Crippen molar-refractivity contribution in [3.8, 4) is 0 Å². The van der Waals surface area contributed by atoms with E-state index in [4.69, 9.17) is 4.74 Å². The Morgan fingerprint density at radius 2 is 1.52 bits per heavy atom. The molecule has 27 heavy (non-hydrogen) atoms. The van der Waals surface area contributed by atoms with E-state index in [-0.39, 0.29) is 18.1 Å². The van der Waals surface area contributed by atoms with Crippen LogP contribution in [0.15, 0.2) is 12.2 Å². The van der Waals surface area contributed by atoms with Crippen molar-refractivity contribution < 1.29 is 14.3 Å². The molecular weight excluding hydrogens is 338 g/mol. The molecule has 1 fully saturated rings. The van der Waals surface area contributed by atoms with Crippen molar-refractivity contribution in [2.75, 3.05) is 0 Å². The van der Waals surface area contributed by atoms with E-state index in [0.717, 1.165) is 25.7 Å². The lowest BCUT2D eigenvalue weighted by atomic mass is 10.1. The fourth-order valence-corrected chi connectivity index (χ4v) is 3.58. The standard InChI is InChI=1S/C23H41NO3/c1-4-6-8-10-11-12-13-15-17-19-22-24(20(3)23(26)27-22)21(25)18-16-14-9-7-5-2/h13,15,20,22H,4-12,14,16-19H2,1-3H3/b15-13-/t20-,22?/m0/s1. The van der Waals surface area contributed by atoms with Gasteiger partial charge in [0.25, 0.3) is 0 Å². The number of nitrogens with zero attached hydrogens (tertiary/aromatic N) is 1. The molecule has 1 aliphatic rings. The SMILES string of the molecule is CCCCCCC/C=C\CCC1OC(=O)[C@H](C)N1C(=O)CCCCCCC. The fraction of sp³-hybridized carbons (Fsp3) is 0.826. The predicted octanol–water partition coefficient (Wildman–Crippen LogP) is 6.14. The van der Waals surface area contributed by atoms with Gasteiger partial charge in [-0.1, -0.05) is 77.4 Å². The van der Waals surface area contributed by atoms with Crippen LogP contribution < -0.4 is 0 Å². The molecule has 2 atom stereocenters. The Morgan fingerprint density at radius 1 is 0.926 bits per heavy atom. The van der Waals surface area contributed by atoms with E-state index in [0.29, 0.717) is 12.8 Å². The molecule has 1 saturated heterocycles. The van der Waals surface area contributed by atoms with E-state index < -0.39 is 6.04 Å². The van der Waals surface area contributed by atoms with Crippen molar-refractivity contribution in [3.05, 3.63) is 12.2 Å². The third-order valence-corrected chi connectivity index (χ3v) is 5.32. The zero-order valence-electron chi connectivity index (χ0n) is 17.9. The quantitative estimate of drug-likeness (QED) is 0.195. The van der Waals surface area contributed by atoms with Crippen molar-refractivity contribution >= 4 is 11.9 Å². The molecule has 0 saturated carbocycles. The Bertz CT molecular complexity index is 447. The second-order valence-electron chi connectivity index (χ2n) is 7.78. The van der Waals surface area contributed by atoms with Crippen LogP contribution in [0.3, 0.4) is 0 Å². The Morgan fingerprint density at radius 3 is 2.19 bits per heavy atom.